The van der Waals surface area contributed by atoms with Crippen molar-refractivity contribution in [2.75, 3.05) is 27.2 Å². The molecule has 94 valence electrons. The maximum Gasteiger partial charge on any atom is 0.251 e. The Hall–Kier alpha value is -1.26. The van der Waals surface area contributed by atoms with E-state index in [9.17, 15) is 9.90 Å². The molecule has 0 saturated carbocycles. The van der Waals surface area contributed by atoms with Gasteiger partial charge in [-0.15, -0.1) is 0 Å². The molecule has 1 amide bonds. The van der Waals surface area contributed by atoms with Crippen molar-refractivity contribution >= 4 is 17.5 Å². The van der Waals surface area contributed by atoms with Crippen molar-refractivity contribution < 1.29 is 9.90 Å². The lowest BCUT2D eigenvalue weighted by Gasteiger charge is -2.10. The summed E-state index contributed by atoms with van der Waals surface area (Å²) in [6.07, 6.45) is 0.893. The van der Waals surface area contributed by atoms with Crippen LogP contribution >= 0.6 is 11.6 Å². The van der Waals surface area contributed by atoms with E-state index < -0.39 is 0 Å². The third kappa shape index (κ3) is 4.63. The van der Waals surface area contributed by atoms with Crippen molar-refractivity contribution in [3.05, 3.63) is 28.8 Å². The predicted molar refractivity (Wildman–Crippen MR) is 68.6 cm³/mol. The van der Waals surface area contributed by atoms with Crippen LogP contribution in [0.3, 0.4) is 0 Å². The van der Waals surface area contributed by atoms with Crippen LogP contribution in [0.5, 0.6) is 5.75 Å². The lowest BCUT2D eigenvalue weighted by Crippen LogP contribution is -2.27. The topological polar surface area (TPSA) is 52.6 Å². The van der Waals surface area contributed by atoms with Crippen LogP contribution in [0, 0.1) is 0 Å². The average Bonchev–Trinajstić information content (AvgIpc) is 2.27. The first-order valence-electron chi connectivity index (χ1n) is 5.42. The Kier molecular flexibility index (Phi) is 5.25. The van der Waals surface area contributed by atoms with E-state index in [1.165, 1.54) is 12.1 Å². The third-order valence-electron chi connectivity index (χ3n) is 2.28. The number of carbonyl (C=O) groups excluding carboxylic acids is 1. The number of nitrogens with one attached hydrogen (secondary N) is 1. The van der Waals surface area contributed by atoms with Gasteiger partial charge >= 0.3 is 0 Å². The second-order valence-electron chi connectivity index (χ2n) is 4.08. The molecule has 5 heteroatoms. The molecule has 1 aromatic rings. The van der Waals surface area contributed by atoms with Gasteiger partial charge in [0.25, 0.3) is 5.91 Å². The summed E-state index contributed by atoms with van der Waals surface area (Å²) < 4.78 is 0. The van der Waals surface area contributed by atoms with Gasteiger partial charge in [-0.05, 0) is 45.3 Å². The number of amides is 1. The highest BCUT2D eigenvalue weighted by atomic mass is 35.5. The summed E-state index contributed by atoms with van der Waals surface area (Å²) in [7, 11) is 3.98. The predicted octanol–water partition coefficient (Wildman–Crippen LogP) is 1.73. The highest BCUT2D eigenvalue weighted by Gasteiger charge is 2.07. The normalized spacial score (nSPS) is 10.6. The van der Waals surface area contributed by atoms with Crippen LogP contribution in [0.1, 0.15) is 16.8 Å². The van der Waals surface area contributed by atoms with Gasteiger partial charge in [0.1, 0.15) is 5.75 Å². The quantitative estimate of drug-likeness (QED) is 0.789. The molecule has 0 heterocycles. The van der Waals surface area contributed by atoms with Gasteiger partial charge in [0, 0.05) is 12.1 Å². The van der Waals surface area contributed by atoms with Crippen LogP contribution in [-0.2, 0) is 0 Å². The molecule has 0 atom stereocenters. The molecule has 1 aromatic carbocycles. The number of phenolic OH excluding ortho intramolecular Hbond substituents is 1. The molecular weight excluding hydrogens is 240 g/mol. The van der Waals surface area contributed by atoms with Crippen LogP contribution in [-0.4, -0.2) is 43.1 Å². The van der Waals surface area contributed by atoms with Gasteiger partial charge in [0.05, 0.1) is 5.02 Å². The molecule has 1 rings (SSSR count). The van der Waals surface area contributed by atoms with Crippen molar-refractivity contribution in [2.45, 2.75) is 6.42 Å². The lowest BCUT2D eigenvalue weighted by molar-refractivity contribution is 0.0952. The second-order valence-corrected chi connectivity index (χ2v) is 4.49. The summed E-state index contributed by atoms with van der Waals surface area (Å²) in [5.74, 6) is -0.193. The molecule has 0 spiro atoms. The van der Waals surface area contributed by atoms with Gasteiger partial charge in [-0.3, -0.25) is 4.79 Å². The molecule has 0 unspecified atom stereocenters. The highest BCUT2D eigenvalue weighted by molar-refractivity contribution is 6.32. The molecular formula is C12H17ClN2O2. The van der Waals surface area contributed by atoms with Crippen LogP contribution in [0.4, 0.5) is 0 Å². The number of benzene rings is 1. The summed E-state index contributed by atoms with van der Waals surface area (Å²) in [6, 6.07) is 4.41. The Balaban J connectivity index is 2.44. The summed E-state index contributed by atoms with van der Waals surface area (Å²) in [4.78, 5) is 13.7. The van der Waals surface area contributed by atoms with Crippen molar-refractivity contribution in [3.8, 4) is 5.75 Å². The van der Waals surface area contributed by atoms with Crippen LogP contribution in [0.25, 0.3) is 0 Å². The van der Waals surface area contributed by atoms with Crippen molar-refractivity contribution in [2.24, 2.45) is 0 Å². The number of carbonyl (C=O) groups is 1. The fourth-order valence-electron chi connectivity index (χ4n) is 1.35. The molecule has 0 aliphatic rings. The third-order valence-corrected chi connectivity index (χ3v) is 2.58. The van der Waals surface area contributed by atoms with E-state index in [1.54, 1.807) is 6.07 Å². The Bertz CT molecular complexity index is 394. The number of aromatic hydroxyl groups is 1. The van der Waals surface area contributed by atoms with Crippen molar-refractivity contribution in [3.63, 3.8) is 0 Å². The largest absolute Gasteiger partial charge is 0.506 e. The SMILES string of the molecule is CN(C)CCCNC(=O)c1ccc(O)c(Cl)c1. The maximum atomic E-state index is 11.7. The molecule has 0 aliphatic heterocycles. The molecule has 17 heavy (non-hydrogen) atoms. The van der Waals surface area contributed by atoms with E-state index in [0.717, 1.165) is 13.0 Å². The van der Waals surface area contributed by atoms with Gasteiger partial charge in [-0.2, -0.15) is 0 Å². The van der Waals surface area contributed by atoms with Gasteiger partial charge in [-0.1, -0.05) is 11.6 Å². The summed E-state index contributed by atoms with van der Waals surface area (Å²) >= 11 is 5.72. The lowest BCUT2D eigenvalue weighted by atomic mass is 10.2. The molecule has 0 bridgehead atoms. The van der Waals surface area contributed by atoms with Crippen LogP contribution < -0.4 is 5.32 Å². The molecule has 0 aliphatic carbocycles. The molecule has 0 fully saturated rings. The monoisotopic (exact) mass is 256 g/mol. The zero-order valence-electron chi connectivity index (χ0n) is 10.0. The first-order chi connectivity index (χ1) is 8.00. The number of halogens is 1. The zero-order chi connectivity index (χ0) is 12.8. The molecule has 0 radical (unpaired) electrons. The van der Waals surface area contributed by atoms with E-state index in [0.29, 0.717) is 12.1 Å². The number of nitrogens with zero attached hydrogens (tertiary/aromatic N) is 1. The fourth-order valence-corrected chi connectivity index (χ4v) is 1.53. The highest BCUT2D eigenvalue weighted by Crippen LogP contribution is 2.23. The van der Waals surface area contributed by atoms with Gasteiger partial charge in [0.2, 0.25) is 0 Å². The van der Waals surface area contributed by atoms with Crippen molar-refractivity contribution in [1.82, 2.24) is 10.2 Å². The summed E-state index contributed by atoms with van der Waals surface area (Å²) in [5.41, 5.74) is 0.456. The van der Waals surface area contributed by atoms with E-state index in [4.69, 9.17) is 11.6 Å². The van der Waals surface area contributed by atoms with Crippen LogP contribution in [0.15, 0.2) is 18.2 Å². The first-order valence-corrected chi connectivity index (χ1v) is 5.80. The average molecular weight is 257 g/mol. The fraction of sp³-hybridized carbons (Fsp3) is 0.417. The van der Waals surface area contributed by atoms with Gasteiger partial charge in [-0.25, -0.2) is 0 Å². The molecule has 0 aromatic heterocycles. The van der Waals surface area contributed by atoms with E-state index in [2.05, 4.69) is 10.2 Å². The van der Waals surface area contributed by atoms with E-state index in [1.807, 2.05) is 14.1 Å². The van der Waals surface area contributed by atoms with E-state index in [-0.39, 0.29) is 16.7 Å². The van der Waals surface area contributed by atoms with Gasteiger partial charge in [0.15, 0.2) is 0 Å². The Morgan fingerprint density at radius 2 is 2.18 bits per heavy atom. The number of rotatable bonds is 5. The van der Waals surface area contributed by atoms with Gasteiger partial charge < -0.3 is 15.3 Å². The number of hydrogen-bond donors (Lipinski definition) is 2. The minimum Gasteiger partial charge on any atom is -0.506 e. The summed E-state index contributed by atoms with van der Waals surface area (Å²) in [6.45, 7) is 1.55. The smallest absolute Gasteiger partial charge is 0.251 e. The van der Waals surface area contributed by atoms with Crippen molar-refractivity contribution in [1.29, 1.82) is 0 Å². The number of phenols is 1. The van der Waals surface area contributed by atoms with E-state index >= 15 is 0 Å². The molecule has 2 N–H and O–H groups in total. The standard InChI is InChI=1S/C12H17ClN2O2/c1-15(2)7-3-6-14-12(17)9-4-5-11(16)10(13)8-9/h4-5,8,16H,3,6-7H2,1-2H3,(H,14,17). The summed E-state index contributed by atoms with van der Waals surface area (Å²) in [5, 5.41) is 12.2. The Morgan fingerprint density at radius 1 is 1.47 bits per heavy atom. The molecule has 0 saturated heterocycles. The Morgan fingerprint density at radius 3 is 2.76 bits per heavy atom. The zero-order valence-corrected chi connectivity index (χ0v) is 10.8. The number of hydrogen-bond acceptors (Lipinski definition) is 3. The Labute approximate surface area is 106 Å². The minimum atomic E-state index is -0.175. The van der Waals surface area contributed by atoms with Crippen LogP contribution in [0.2, 0.25) is 5.02 Å². The molecule has 4 nitrogen and oxygen atoms in total. The minimum absolute atomic E-state index is 0.0178. The second kappa shape index (κ2) is 6.47. The first kappa shape index (κ1) is 13.8. The maximum absolute atomic E-state index is 11.7.